The average Bonchev–Trinajstić information content (AvgIpc) is 2.21. The van der Waals surface area contributed by atoms with Crippen molar-refractivity contribution in [2.45, 2.75) is 32.8 Å². The molecular weight excluding hydrogens is 168 g/mol. The number of rotatable bonds is 4. The highest BCUT2D eigenvalue weighted by Crippen LogP contribution is 2.14. The van der Waals surface area contributed by atoms with Crippen molar-refractivity contribution in [3.8, 4) is 0 Å². The molecule has 0 bridgehead atoms. The lowest BCUT2D eigenvalue weighted by Crippen LogP contribution is -2.38. The van der Waals surface area contributed by atoms with E-state index in [4.69, 9.17) is 9.47 Å². The molecular formula is C10H18O3. The van der Waals surface area contributed by atoms with Crippen LogP contribution in [0.3, 0.4) is 0 Å². The molecule has 1 atom stereocenters. The second-order valence-corrected chi connectivity index (χ2v) is 3.35. The van der Waals surface area contributed by atoms with E-state index in [1.807, 2.05) is 13.8 Å². The number of Topliss-reactive ketones (excluding diaryl/α,β-unsaturated/α-hetero) is 1. The van der Waals surface area contributed by atoms with Gasteiger partial charge < -0.3 is 9.47 Å². The summed E-state index contributed by atoms with van der Waals surface area (Å²) in [6.07, 6.45) is 1.49. The Morgan fingerprint density at radius 1 is 1.38 bits per heavy atom. The Morgan fingerprint density at radius 3 is 2.54 bits per heavy atom. The smallest absolute Gasteiger partial charge is 0.166 e. The molecule has 3 heteroatoms. The van der Waals surface area contributed by atoms with Crippen LogP contribution in [-0.2, 0) is 14.3 Å². The summed E-state index contributed by atoms with van der Waals surface area (Å²) in [7, 11) is 0. The Labute approximate surface area is 79.4 Å². The van der Waals surface area contributed by atoms with Gasteiger partial charge in [0.1, 0.15) is 6.10 Å². The maximum Gasteiger partial charge on any atom is 0.166 e. The lowest BCUT2D eigenvalue weighted by Gasteiger charge is -2.24. The molecule has 0 aromatic carbocycles. The first-order chi connectivity index (χ1) is 6.29. The van der Waals surface area contributed by atoms with E-state index >= 15 is 0 Å². The van der Waals surface area contributed by atoms with Crippen molar-refractivity contribution in [3.63, 3.8) is 0 Å². The molecule has 13 heavy (non-hydrogen) atoms. The molecule has 0 amide bonds. The van der Waals surface area contributed by atoms with Crippen molar-refractivity contribution in [3.05, 3.63) is 0 Å². The van der Waals surface area contributed by atoms with E-state index in [0.717, 1.165) is 12.8 Å². The molecule has 1 fully saturated rings. The normalized spacial score (nSPS) is 23.5. The standard InChI is InChI=1S/C10H18O3/c1-3-8(4-2)10(11)9-7-12-5-6-13-9/h8-9H,3-7H2,1-2H3. The summed E-state index contributed by atoms with van der Waals surface area (Å²) < 4.78 is 10.5. The van der Waals surface area contributed by atoms with Gasteiger partial charge in [-0.15, -0.1) is 0 Å². The number of carbonyl (C=O) groups is 1. The summed E-state index contributed by atoms with van der Waals surface area (Å²) in [6.45, 7) is 5.68. The first-order valence-corrected chi connectivity index (χ1v) is 5.02. The Bertz CT molecular complexity index is 158. The van der Waals surface area contributed by atoms with Crippen LogP contribution in [-0.4, -0.2) is 31.7 Å². The third-order valence-electron chi connectivity index (χ3n) is 2.52. The molecule has 0 aromatic rings. The SMILES string of the molecule is CCC(CC)C(=O)C1COCCO1. The van der Waals surface area contributed by atoms with E-state index in [-0.39, 0.29) is 17.8 Å². The van der Waals surface area contributed by atoms with Gasteiger partial charge in [0, 0.05) is 5.92 Å². The third-order valence-corrected chi connectivity index (χ3v) is 2.52. The molecule has 0 N–H and O–H groups in total. The molecule has 3 nitrogen and oxygen atoms in total. The topological polar surface area (TPSA) is 35.5 Å². The van der Waals surface area contributed by atoms with Gasteiger partial charge in [0.05, 0.1) is 19.8 Å². The first kappa shape index (κ1) is 10.7. The van der Waals surface area contributed by atoms with Crippen LogP contribution in [0.15, 0.2) is 0 Å². The minimum absolute atomic E-state index is 0.145. The summed E-state index contributed by atoms with van der Waals surface area (Å²) in [6, 6.07) is 0. The molecule has 76 valence electrons. The number of hydrogen-bond donors (Lipinski definition) is 0. The first-order valence-electron chi connectivity index (χ1n) is 5.02. The van der Waals surface area contributed by atoms with Crippen molar-refractivity contribution in [2.75, 3.05) is 19.8 Å². The maximum absolute atomic E-state index is 11.8. The minimum Gasteiger partial charge on any atom is -0.376 e. The molecule has 1 saturated heterocycles. The van der Waals surface area contributed by atoms with E-state index in [0.29, 0.717) is 19.8 Å². The third kappa shape index (κ3) is 2.78. The largest absolute Gasteiger partial charge is 0.376 e. The van der Waals surface area contributed by atoms with Crippen molar-refractivity contribution < 1.29 is 14.3 Å². The summed E-state index contributed by atoms with van der Waals surface area (Å²) in [4.78, 5) is 11.8. The molecule has 1 aliphatic heterocycles. The van der Waals surface area contributed by atoms with Crippen molar-refractivity contribution in [2.24, 2.45) is 5.92 Å². The molecule has 0 saturated carbocycles. The second-order valence-electron chi connectivity index (χ2n) is 3.35. The van der Waals surface area contributed by atoms with E-state index in [9.17, 15) is 4.79 Å². The monoisotopic (exact) mass is 186 g/mol. The molecule has 0 aromatic heterocycles. The van der Waals surface area contributed by atoms with Gasteiger partial charge in [0.15, 0.2) is 5.78 Å². The molecule has 1 heterocycles. The predicted octanol–water partition coefficient (Wildman–Crippen LogP) is 1.41. The van der Waals surface area contributed by atoms with Crippen LogP contribution < -0.4 is 0 Å². The van der Waals surface area contributed by atoms with Crippen LogP contribution in [0.25, 0.3) is 0 Å². The van der Waals surface area contributed by atoms with Gasteiger partial charge in [0.25, 0.3) is 0 Å². The highest BCUT2D eigenvalue weighted by Gasteiger charge is 2.27. The maximum atomic E-state index is 11.8. The van der Waals surface area contributed by atoms with Crippen molar-refractivity contribution in [1.29, 1.82) is 0 Å². The van der Waals surface area contributed by atoms with Crippen LogP contribution in [0.2, 0.25) is 0 Å². The van der Waals surface area contributed by atoms with Gasteiger partial charge in [-0.2, -0.15) is 0 Å². The average molecular weight is 186 g/mol. The molecule has 0 spiro atoms. The van der Waals surface area contributed by atoms with Gasteiger partial charge in [-0.05, 0) is 12.8 Å². The van der Waals surface area contributed by atoms with Gasteiger partial charge in [-0.25, -0.2) is 0 Å². The highest BCUT2D eigenvalue weighted by atomic mass is 16.6. The lowest BCUT2D eigenvalue weighted by atomic mass is 9.94. The summed E-state index contributed by atoms with van der Waals surface area (Å²) in [5, 5.41) is 0. The Balaban J connectivity index is 2.44. The summed E-state index contributed by atoms with van der Waals surface area (Å²) in [5.41, 5.74) is 0. The number of ether oxygens (including phenoxy) is 2. The quantitative estimate of drug-likeness (QED) is 0.666. The zero-order valence-electron chi connectivity index (χ0n) is 8.41. The molecule has 1 unspecified atom stereocenters. The zero-order valence-corrected chi connectivity index (χ0v) is 8.41. The van der Waals surface area contributed by atoms with Gasteiger partial charge in [-0.1, -0.05) is 13.8 Å². The zero-order chi connectivity index (χ0) is 9.68. The molecule has 1 rings (SSSR count). The fourth-order valence-corrected chi connectivity index (χ4v) is 1.61. The van der Waals surface area contributed by atoms with E-state index in [1.54, 1.807) is 0 Å². The van der Waals surface area contributed by atoms with Crippen LogP contribution in [0.1, 0.15) is 26.7 Å². The van der Waals surface area contributed by atoms with Gasteiger partial charge in [-0.3, -0.25) is 4.79 Å². The molecule has 0 radical (unpaired) electrons. The highest BCUT2D eigenvalue weighted by molar-refractivity contribution is 5.85. The Kier molecular flexibility index (Phi) is 4.39. The van der Waals surface area contributed by atoms with Crippen LogP contribution >= 0.6 is 0 Å². The molecule has 0 aliphatic carbocycles. The van der Waals surface area contributed by atoms with E-state index in [2.05, 4.69) is 0 Å². The number of ketones is 1. The van der Waals surface area contributed by atoms with E-state index in [1.165, 1.54) is 0 Å². The predicted molar refractivity (Wildman–Crippen MR) is 49.6 cm³/mol. The van der Waals surface area contributed by atoms with Crippen LogP contribution in [0.5, 0.6) is 0 Å². The minimum atomic E-state index is -0.307. The van der Waals surface area contributed by atoms with E-state index < -0.39 is 0 Å². The van der Waals surface area contributed by atoms with Crippen molar-refractivity contribution >= 4 is 5.78 Å². The van der Waals surface area contributed by atoms with Gasteiger partial charge in [0.2, 0.25) is 0 Å². The summed E-state index contributed by atoms with van der Waals surface area (Å²) in [5.74, 6) is 0.358. The Morgan fingerprint density at radius 2 is 2.08 bits per heavy atom. The molecule has 1 aliphatic rings. The van der Waals surface area contributed by atoms with Crippen LogP contribution in [0.4, 0.5) is 0 Å². The Hall–Kier alpha value is -0.410. The number of carbonyl (C=O) groups excluding carboxylic acids is 1. The fourth-order valence-electron chi connectivity index (χ4n) is 1.61. The summed E-state index contributed by atoms with van der Waals surface area (Å²) >= 11 is 0. The van der Waals surface area contributed by atoms with Gasteiger partial charge >= 0.3 is 0 Å². The fraction of sp³-hybridized carbons (Fsp3) is 0.900. The van der Waals surface area contributed by atoms with Crippen LogP contribution in [0, 0.1) is 5.92 Å². The van der Waals surface area contributed by atoms with Crippen molar-refractivity contribution in [1.82, 2.24) is 0 Å². The second kappa shape index (κ2) is 5.35. The lowest BCUT2D eigenvalue weighted by molar-refractivity contribution is -0.149. The number of hydrogen-bond acceptors (Lipinski definition) is 3.